The highest BCUT2D eigenvalue weighted by molar-refractivity contribution is 6.03. The highest BCUT2D eigenvalue weighted by atomic mass is 19.1. The van der Waals surface area contributed by atoms with Gasteiger partial charge in [0.2, 0.25) is 0 Å². The van der Waals surface area contributed by atoms with E-state index in [2.05, 4.69) is 27.5 Å². The first-order chi connectivity index (χ1) is 20.3. The van der Waals surface area contributed by atoms with Crippen LogP contribution in [0.3, 0.4) is 0 Å². The van der Waals surface area contributed by atoms with E-state index >= 15 is 4.39 Å². The number of carbonyl (C=O) groups is 2. The van der Waals surface area contributed by atoms with Crippen LogP contribution in [0.1, 0.15) is 64.2 Å². The molecule has 3 N–H and O–H groups in total. The van der Waals surface area contributed by atoms with Gasteiger partial charge in [-0.1, -0.05) is 54.6 Å². The second-order valence-electron chi connectivity index (χ2n) is 10.5. The Bertz CT molecular complexity index is 1610. The van der Waals surface area contributed by atoms with Crippen LogP contribution in [0.2, 0.25) is 0 Å². The van der Waals surface area contributed by atoms with Crippen LogP contribution in [0, 0.1) is 18.7 Å². The number of aliphatic imine (C=N–C) groups is 1. The van der Waals surface area contributed by atoms with Crippen LogP contribution in [0.25, 0.3) is 5.69 Å². The Morgan fingerprint density at radius 1 is 1.07 bits per heavy atom. The molecule has 0 radical (unpaired) electrons. The predicted octanol–water partition coefficient (Wildman–Crippen LogP) is 5.70. The first kappa shape index (κ1) is 28.9. The van der Waals surface area contributed by atoms with Gasteiger partial charge in [0.25, 0.3) is 0 Å². The summed E-state index contributed by atoms with van der Waals surface area (Å²) in [6, 6.07) is 23.5. The van der Waals surface area contributed by atoms with Gasteiger partial charge in [-0.15, -0.1) is 0 Å². The summed E-state index contributed by atoms with van der Waals surface area (Å²) in [7, 11) is 0. The molecule has 1 fully saturated rings. The number of hydrogen-bond acceptors (Lipinski definition) is 5. The van der Waals surface area contributed by atoms with Gasteiger partial charge in [0.15, 0.2) is 5.78 Å². The minimum atomic E-state index is -0.785. The summed E-state index contributed by atoms with van der Waals surface area (Å²) in [6.45, 7) is 4.53. The third-order valence-corrected chi connectivity index (χ3v) is 7.18. The molecule has 216 valence electrons. The summed E-state index contributed by atoms with van der Waals surface area (Å²) in [5.41, 5.74) is 10.3. The van der Waals surface area contributed by atoms with E-state index < -0.39 is 11.9 Å². The number of aryl methyl sites for hydroxylation is 1. The monoisotopic (exact) mass is 567 g/mol. The number of amides is 1. The van der Waals surface area contributed by atoms with Crippen molar-refractivity contribution in [3.63, 3.8) is 0 Å². The average Bonchev–Trinajstić information content (AvgIpc) is 3.73. The zero-order valence-corrected chi connectivity index (χ0v) is 23.7. The number of nitrogens with zero attached hydrogens (tertiary/aromatic N) is 3. The lowest BCUT2D eigenvalue weighted by Crippen LogP contribution is -2.25. The molecule has 1 aromatic heterocycles. The molecule has 9 heteroatoms. The molecule has 5 rings (SSSR count). The lowest BCUT2D eigenvalue weighted by atomic mass is 9.95. The smallest absolute Gasteiger partial charge is 0.435 e. The fraction of sp³-hybridized carbons (Fsp3) is 0.273. The maximum atomic E-state index is 15.1. The SMILES string of the molecule is CCOC(=O)N=C(N)c1cccc(-n2nc(C)cc2C(=O)Cc2cc(C(NCC3CC3)c3ccccc3)ccc2F)c1. The van der Waals surface area contributed by atoms with Gasteiger partial charge < -0.3 is 15.8 Å². The van der Waals surface area contributed by atoms with Crippen molar-refractivity contribution in [1.29, 1.82) is 0 Å². The number of nitrogens with one attached hydrogen (secondary N) is 1. The van der Waals surface area contributed by atoms with Gasteiger partial charge in [-0.25, -0.2) is 13.9 Å². The number of hydrogen-bond donors (Lipinski definition) is 2. The van der Waals surface area contributed by atoms with Crippen molar-refractivity contribution >= 4 is 17.7 Å². The molecule has 1 aliphatic rings. The van der Waals surface area contributed by atoms with E-state index in [4.69, 9.17) is 10.5 Å². The number of Topliss-reactive ketones (excluding diaryl/α,β-unsaturated/α-hetero) is 1. The molecular weight excluding hydrogens is 533 g/mol. The lowest BCUT2D eigenvalue weighted by Gasteiger charge is -2.21. The first-order valence-electron chi connectivity index (χ1n) is 14.1. The molecule has 1 amide bonds. The maximum absolute atomic E-state index is 15.1. The normalized spacial score (nSPS) is 14.0. The van der Waals surface area contributed by atoms with Gasteiger partial charge in [-0.3, -0.25) is 4.79 Å². The molecule has 1 heterocycles. The third kappa shape index (κ3) is 6.98. The van der Waals surface area contributed by atoms with Gasteiger partial charge in [-0.05, 0) is 80.1 Å². The van der Waals surface area contributed by atoms with Crippen LogP contribution in [0.4, 0.5) is 9.18 Å². The molecule has 1 atom stereocenters. The number of nitrogens with two attached hydrogens (primary N) is 1. The number of halogens is 1. The molecular formula is C33H34FN5O3. The minimum absolute atomic E-state index is 0.0193. The van der Waals surface area contributed by atoms with Crippen molar-refractivity contribution in [3.8, 4) is 5.69 Å². The Balaban J connectivity index is 1.41. The molecule has 1 saturated carbocycles. The van der Waals surface area contributed by atoms with E-state index in [1.54, 1.807) is 56.3 Å². The second kappa shape index (κ2) is 12.9. The summed E-state index contributed by atoms with van der Waals surface area (Å²) >= 11 is 0. The first-order valence-corrected chi connectivity index (χ1v) is 14.1. The van der Waals surface area contributed by atoms with Crippen molar-refractivity contribution < 1.29 is 18.7 Å². The van der Waals surface area contributed by atoms with Crippen molar-refractivity contribution in [1.82, 2.24) is 15.1 Å². The Morgan fingerprint density at radius 3 is 2.60 bits per heavy atom. The van der Waals surface area contributed by atoms with Crippen molar-refractivity contribution in [3.05, 3.63) is 118 Å². The summed E-state index contributed by atoms with van der Waals surface area (Å²) in [5, 5.41) is 8.15. The number of aromatic nitrogens is 2. The summed E-state index contributed by atoms with van der Waals surface area (Å²) < 4.78 is 21.5. The predicted molar refractivity (Wildman–Crippen MR) is 159 cm³/mol. The number of amidine groups is 1. The van der Waals surface area contributed by atoms with Crippen LogP contribution in [-0.4, -0.2) is 40.6 Å². The second-order valence-corrected chi connectivity index (χ2v) is 10.5. The van der Waals surface area contributed by atoms with E-state index in [0.717, 1.165) is 17.7 Å². The summed E-state index contributed by atoms with van der Waals surface area (Å²) in [5.74, 6) is -0.0676. The fourth-order valence-corrected chi connectivity index (χ4v) is 4.86. The fourth-order valence-electron chi connectivity index (χ4n) is 4.86. The Kier molecular flexibility index (Phi) is 8.88. The zero-order chi connectivity index (χ0) is 29.6. The van der Waals surface area contributed by atoms with Gasteiger partial charge in [-0.2, -0.15) is 10.1 Å². The number of rotatable bonds is 11. The molecule has 0 saturated heterocycles. The zero-order valence-electron chi connectivity index (χ0n) is 23.7. The molecule has 1 aliphatic carbocycles. The third-order valence-electron chi connectivity index (χ3n) is 7.18. The highest BCUT2D eigenvalue weighted by Crippen LogP contribution is 2.31. The topological polar surface area (TPSA) is 112 Å². The Labute approximate surface area is 244 Å². The standard InChI is InChI=1S/C33H34FN5O3/c1-3-42-33(41)37-32(35)25-10-7-11-27(18-25)39-29(16-21(2)38-39)30(40)19-26-17-24(14-15-28(26)34)31(36-20-22-12-13-22)23-8-5-4-6-9-23/h4-11,14-18,22,31,36H,3,12-13,19-20H2,1-2H3,(H2,35,37,41). The van der Waals surface area contributed by atoms with Crippen LogP contribution in [-0.2, 0) is 11.2 Å². The minimum Gasteiger partial charge on any atom is -0.448 e. The van der Waals surface area contributed by atoms with Crippen LogP contribution in [0.5, 0.6) is 0 Å². The van der Waals surface area contributed by atoms with E-state index in [1.165, 1.54) is 23.6 Å². The number of benzene rings is 3. The van der Waals surface area contributed by atoms with Crippen molar-refractivity contribution in [2.75, 3.05) is 13.2 Å². The molecule has 4 aromatic rings. The van der Waals surface area contributed by atoms with E-state index in [-0.39, 0.29) is 30.7 Å². The molecule has 0 aliphatic heterocycles. The molecule has 0 bridgehead atoms. The van der Waals surface area contributed by atoms with Gasteiger partial charge in [0, 0.05) is 12.0 Å². The quantitative estimate of drug-likeness (QED) is 0.137. The molecule has 0 spiro atoms. The number of ketones is 1. The van der Waals surface area contributed by atoms with E-state index in [1.807, 2.05) is 18.2 Å². The highest BCUT2D eigenvalue weighted by Gasteiger charge is 2.24. The van der Waals surface area contributed by atoms with Gasteiger partial charge in [0.1, 0.15) is 17.3 Å². The molecule has 8 nitrogen and oxygen atoms in total. The summed E-state index contributed by atoms with van der Waals surface area (Å²) in [6.07, 6.45) is 1.52. The maximum Gasteiger partial charge on any atom is 0.435 e. The van der Waals surface area contributed by atoms with Crippen molar-refractivity contribution in [2.45, 2.75) is 39.2 Å². The number of ether oxygens (including phenoxy) is 1. The van der Waals surface area contributed by atoms with Gasteiger partial charge in [0.05, 0.1) is 24.0 Å². The largest absolute Gasteiger partial charge is 0.448 e. The average molecular weight is 568 g/mol. The van der Waals surface area contributed by atoms with Crippen LogP contribution >= 0.6 is 0 Å². The molecule has 3 aromatic carbocycles. The Morgan fingerprint density at radius 2 is 1.86 bits per heavy atom. The van der Waals surface area contributed by atoms with Crippen LogP contribution < -0.4 is 11.1 Å². The van der Waals surface area contributed by atoms with Crippen LogP contribution in [0.15, 0.2) is 83.9 Å². The molecule has 42 heavy (non-hydrogen) atoms. The van der Waals surface area contributed by atoms with Crippen molar-refractivity contribution in [2.24, 2.45) is 16.6 Å². The number of carbonyl (C=O) groups excluding carboxylic acids is 2. The summed E-state index contributed by atoms with van der Waals surface area (Å²) in [4.78, 5) is 29.2. The lowest BCUT2D eigenvalue weighted by molar-refractivity contribution is 0.0984. The van der Waals surface area contributed by atoms with E-state index in [0.29, 0.717) is 34.1 Å². The Hall–Kier alpha value is -4.63. The molecule has 1 unspecified atom stereocenters. The van der Waals surface area contributed by atoms with E-state index in [9.17, 15) is 9.59 Å². The van der Waals surface area contributed by atoms with Gasteiger partial charge >= 0.3 is 6.09 Å².